The Bertz CT molecular complexity index is 1050. The summed E-state index contributed by atoms with van der Waals surface area (Å²) in [7, 11) is -4.41. The van der Waals surface area contributed by atoms with Crippen LogP contribution in [0, 0.1) is 0 Å². The lowest BCUT2D eigenvalue weighted by molar-refractivity contribution is 0.0647. The van der Waals surface area contributed by atoms with E-state index >= 15 is 0 Å². The van der Waals surface area contributed by atoms with Gasteiger partial charge in [-0.3, -0.25) is 0 Å². The van der Waals surface area contributed by atoms with Crippen LogP contribution in [0.2, 0.25) is 0 Å². The fourth-order valence-electron chi connectivity index (χ4n) is 2.05. The van der Waals surface area contributed by atoms with Crippen LogP contribution in [-0.2, 0) is 10.0 Å². The minimum absolute atomic E-state index is 0.238. The predicted octanol–water partition coefficient (Wildman–Crippen LogP) is 4.25. The molecule has 8 nitrogen and oxygen atoms in total. The number of hydrogen-bond donors (Lipinski definition) is 4. The van der Waals surface area contributed by atoms with E-state index in [1.807, 2.05) is 19.1 Å². The SMILES string of the molecule is C=S(NS(=O)(=O)C(C)(C)C)c1ccc(Nc2ncc(Br)c(N[C@H](C)C(C)(C)O)n2)cc1. The molecule has 0 saturated carbocycles. The number of hydrogen-bond acceptors (Lipinski definition) is 7. The van der Waals surface area contributed by atoms with Crippen LogP contribution in [0.1, 0.15) is 41.5 Å². The summed E-state index contributed by atoms with van der Waals surface area (Å²) in [6.45, 7) is 10.2. The molecule has 2 rings (SSSR count). The van der Waals surface area contributed by atoms with Crippen LogP contribution in [0.15, 0.2) is 39.8 Å². The van der Waals surface area contributed by atoms with Gasteiger partial charge in [0.05, 0.1) is 20.9 Å². The van der Waals surface area contributed by atoms with E-state index in [0.717, 1.165) is 10.6 Å². The second-order valence-corrected chi connectivity index (χ2v) is 13.7. The summed E-state index contributed by atoms with van der Waals surface area (Å²) in [6.07, 6.45) is 1.62. The zero-order valence-electron chi connectivity index (χ0n) is 18.5. The molecule has 31 heavy (non-hydrogen) atoms. The number of anilines is 3. The van der Waals surface area contributed by atoms with E-state index in [1.54, 1.807) is 52.9 Å². The van der Waals surface area contributed by atoms with Gasteiger partial charge in [0.2, 0.25) is 16.0 Å². The minimum Gasteiger partial charge on any atom is -0.388 e. The zero-order chi connectivity index (χ0) is 23.6. The van der Waals surface area contributed by atoms with Gasteiger partial charge in [0, 0.05) is 16.8 Å². The summed E-state index contributed by atoms with van der Waals surface area (Å²) in [5.41, 5.74) is -0.184. The van der Waals surface area contributed by atoms with E-state index in [0.29, 0.717) is 16.2 Å². The standard InChI is InChI=1S/C20H30BrN5O3S2/c1-13(20(5,6)27)23-17-16(21)12-22-18(25-17)24-14-8-10-15(11-9-14)30(7)26-31(28,29)19(2,3)4/h8-13,26-27H,7H2,1-6H3,(H2,22,23,24,25)/t13-,30?/m1/s1. The molecule has 0 saturated heterocycles. The molecular weight excluding hydrogens is 502 g/mol. The van der Waals surface area contributed by atoms with Gasteiger partial charge in [0.25, 0.3) is 0 Å². The first kappa shape index (κ1) is 25.7. The third kappa shape index (κ3) is 6.98. The van der Waals surface area contributed by atoms with Gasteiger partial charge < -0.3 is 15.7 Å². The fourth-order valence-corrected chi connectivity index (χ4v) is 5.26. The lowest BCUT2D eigenvalue weighted by atomic mass is 10.0. The Balaban J connectivity index is 2.13. The normalized spacial score (nSPS) is 14.7. The van der Waals surface area contributed by atoms with Gasteiger partial charge >= 0.3 is 0 Å². The highest BCUT2D eigenvalue weighted by Gasteiger charge is 2.29. The number of nitrogens with one attached hydrogen (secondary N) is 3. The summed E-state index contributed by atoms with van der Waals surface area (Å²) in [5.74, 6) is 4.88. The van der Waals surface area contributed by atoms with Crippen LogP contribution < -0.4 is 14.8 Å². The molecule has 1 aromatic heterocycles. The van der Waals surface area contributed by atoms with Crippen molar-refractivity contribution in [3.05, 3.63) is 34.9 Å². The maximum Gasteiger partial charge on any atom is 0.229 e. The topological polar surface area (TPSA) is 116 Å². The number of aliphatic hydroxyl groups is 1. The van der Waals surface area contributed by atoms with E-state index in [-0.39, 0.29) is 6.04 Å². The number of halogens is 1. The Morgan fingerprint density at radius 1 is 1.16 bits per heavy atom. The lowest BCUT2D eigenvalue weighted by Crippen LogP contribution is -2.39. The molecule has 0 aliphatic rings. The first-order chi connectivity index (χ1) is 14.1. The molecule has 1 heterocycles. The Morgan fingerprint density at radius 3 is 2.26 bits per heavy atom. The molecule has 1 unspecified atom stereocenters. The average Bonchev–Trinajstić information content (AvgIpc) is 2.63. The first-order valence-electron chi connectivity index (χ1n) is 9.54. The maximum atomic E-state index is 12.3. The molecule has 0 aliphatic carbocycles. The Labute approximate surface area is 195 Å². The molecule has 0 fully saturated rings. The fraction of sp³-hybridized carbons (Fsp3) is 0.450. The van der Waals surface area contributed by atoms with Gasteiger partial charge in [-0.2, -0.15) is 9.11 Å². The van der Waals surface area contributed by atoms with Crippen LogP contribution in [0.5, 0.6) is 0 Å². The molecule has 0 radical (unpaired) electrons. The first-order valence-corrected chi connectivity index (χ1v) is 13.2. The summed E-state index contributed by atoms with van der Waals surface area (Å²) >= 11 is 3.42. The zero-order valence-corrected chi connectivity index (χ0v) is 21.7. The third-order valence-corrected chi connectivity index (χ3v) is 9.28. The van der Waals surface area contributed by atoms with E-state index in [4.69, 9.17) is 0 Å². The number of aromatic nitrogens is 2. The lowest BCUT2D eigenvalue weighted by Gasteiger charge is -2.27. The highest BCUT2D eigenvalue weighted by Crippen LogP contribution is 2.28. The molecule has 2 atom stereocenters. The van der Waals surface area contributed by atoms with Gasteiger partial charge in [-0.1, -0.05) is 16.5 Å². The van der Waals surface area contributed by atoms with Crippen molar-refractivity contribution >= 4 is 59.9 Å². The number of sulfonamides is 1. The van der Waals surface area contributed by atoms with E-state index in [1.165, 1.54) is 0 Å². The summed E-state index contributed by atoms with van der Waals surface area (Å²) < 4.78 is 27.1. The smallest absolute Gasteiger partial charge is 0.229 e. The van der Waals surface area contributed by atoms with Crippen LogP contribution in [0.3, 0.4) is 0 Å². The highest BCUT2D eigenvalue weighted by atomic mass is 79.9. The third-order valence-electron chi connectivity index (χ3n) is 4.57. The Kier molecular flexibility index (Phi) is 7.91. The monoisotopic (exact) mass is 531 g/mol. The van der Waals surface area contributed by atoms with Gasteiger partial charge in [-0.15, -0.1) is 0 Å². The van der Waals surface area contributed by atoms with Crippen molar-refractivity contribution in [2.24, 2.45) is 0 Å². The summed E-state index contributed by atoms with van der Waals surface area (Å²) in [6, 6.07) is 6.99. The second kappa shape index (κ2) is 9.53. The molecule has 0 aliphatic heterocycles. The molecule has 1 aromatic carbocycles. The largest absolute Gasteiger partial charge is 0.388 e. The Morgan fingerprint density at radius 2 is 1.74 bits per heavy atom. The van der Waals surface area contributed by atoms with Gasteiger partial charge in [0.1, 0.15) is 5.82 Å². The van der Waals surface area contributed by atoms with Crippen molar-refractivity contribution in [1.29, 1.82) is 0 Å². The van der Waals surface area contributed by atoms with Gasteiger partial charge in [-0.25, -0.2) is 13.4 Å². The van der Waals surface area contributed by atoms with Crippen molar-refractivity contribution in [1.82, 2.24) is 14.1 Å². The van der Waals surface area contributed by atoms with E-state index in [9.17, 15) is 13.5 Å². The van der Waals surface area contributed by atoms with Crippen LogP contribution >= 0.6 is 26.6 Å². The van der Waals surface area contributed by atoms with Crippen LogP contribution in [0.4, 0.5) is 17.5 Å². The highest BCUT2D eigenvalue weighted by molar-refractivity contribution is 9.10. The molecule has 11 heteroatoms. The van der Waals surface area contributed by atoms with Crippen molar-refractivity contribution < 1.29 is 13.5 Å². The number of rotatable bonds is 8. The summed E-state index contributed by atoms with van der Waals surface area (Å²) in [5, 5.41) is 16.4. The molecule has 4 N–H and O–H groups in total. The quantitative estimate of drug-likeness (QED) is 0.376. The molecular formula is C20H30BrN5O3S2. The summed E-state index contributed by atoms with van der Waals surface area (Å²) in [4.78, 5) is 9.48. The van der Waals surface area contributed by atoms with Gasteiger partial charge in [0.15, 0.2) is 0 Å². The molecule has 0 spiro atoms. The number of nitrogens with zero attached hydrogens (tertiary/aromatic N) is 2. The van der Waals surface area contributed by atoms with Crippen LogP contribution in [-0.4, -0.2) is 45.8 Å². The predicted molar refractivity (Wildman–Crippen MR) is 134 cm³/mol. The van der Waals surface area contributed by atoms with Gasteiger partial charge in [-0.05, 0) is 81.7 Å². The average molecular weight is 533 g/mol. The van der Waals surface area contributed by atoms with Crippen LogP contribution in [0.25, 0.3) is 0 Å². The minimum atomic E-state index is -3.50. The molecule has 0 amide bonds. The molecule has 0 bridgehead atoms. The number of benzene rings is 1. The van der Waals surface area contributed by atoms with E-state index < -0.39 is 31.0 Å². The molecule has 2 aromatic rings. The van der Waals surface area contributed by atoms with Crippen molar-refractivity contribution in [3.63, 3.8) is 0 Å². The van der Waals surface area contributed by atoms with Crippen molar-refractivity contribution in [2.75, 3.05) is 10.6 Å². The van der Waals surface area contributed by atoms with Crippen molar-refractivity contribution in [2.45, 2.75) is 62.8 Å². The van der Waals surface area contributed by atoms with E-state index in [2.05, 4.69) is 46.5 Å². The second-order valence-electron chi connectivity index (χ2n) is 8.65. The van der Waals surface area contributed by atoms with Crippen molar-refractivity contribution in [3.8, 4) is 0 Å². The molecule has 172 valence electrons. The maximum absolute atomic E-state index is 12.3. The Hall–Kier alpha value is -1.53.